The van der Waals surface area contributed by atoms with Gasteiger partial charge >= 0.3 is 12.2 Å². The summed E-state index contributed by atoms with van der Waals surface area (Å²) in [5, 5.41) is 3.16. The number of anilines is 2. The molecule has 0 saturated carbocycles. The van der Waals surface area contributed by atoms with Crippen molar-refractivity contribution in [1.29, 1.82) is 0 Å². The Hall–Kier alpha value is -3.63. The number of urea groups is 1. The summed E-state index contributed by atoms with van der Waals surface area (Å²) >= 11 is 0. The van der Waals surface area contributed by atoms with Crippen LogP contribution in [0.4, 0.5) is 29.7 Å². The van der Waals surface area contributed by atoms with Gasteiger partial charge in [0.2, 0.25) is 5.95 Å². The van der Waals surface area contributed by atoms with Gasteiger partial charge in [0.1, 0.15) is 5.82 Å². The molecule has 1 N–H and O–H groups in total. The quantitative estimate of drug-likeness (QED) is 0.559. The van der Waals surface area contributed by atoms with E-state index in [1.807, 2.05) is 6.92 Å². The molecule has 1 saturated heterocycles. The molecule has 34 heavy (non-hydrogen) atoms. The van der Waals surface area contributed by atoms with Crippen molar-refractivity contribution < 1.29 is 18.0 Å². The number of aromatic nitrogens is 4. The van der Waals surface area contributed by atoms with Crippen LogP contribution in [0.25, 0.3) is 5.69 Å². The van der Waals surface area contributed by atoms with E-state index in [1.54, 1.807) is 41.4 Å². The predicted octanol–water partition coefficient (Wildman–Crippen LogP) is 4.75. The third-order valence-electron chi connectivity index (χ3n) is 5.85. The monoisotopic (exact) mass is 473 g/mol. The minimum Gasteiger partial charge on any atom is -0.346 e. The Morgan fingerprint density at radius 1 is 1.15 bits per heavy atom. The maximum atomic E-state index is 13.0. The zero-order chi connectivity index (χ0) is 24.6. The van der Waals surface area contributed by atoms with Gasteiger partial charge in [0.05, 0.1) is 29.7 Å². The summed E-state index contributed by atoms with van der Waals surface area (Å²) < 4.78 is 40.7. The van der Waals surface area contributed by atoms with Crippen molar-refractivity contribution >= 4 is 17.8 Å². The number of amides is 2. The normalized spacial score (nSPS) is 17.5. The number of halogens is 3. The Labute approximate surface area is 195 Å². The van der Waals surface area contributed by atoms with Gasteiger partial charge in [-0.1, -0.05) is 19.9 Å². The number of hydrogen-bond donors (Lipinski definition) is 1. The van der Waals surface area contributed by atoms with Crippen LogP contribution in [-0.2, 0) is 6.18 Å². The summed E-state index contributed by atoms with van der Waals surface area (Å²) in [6, 6.07) is 6.30. The van der Waals surface area contributed by atoms with Crippen LogP contribution in [0.3, 0.4) is 0 Å². The molecule has 1 unspecified atom stereocenters. The van der Waals surface area contributed by atoms with Gasteiger partial charge in [-0.2, -0.15) is 18.2 Å². The fraction of sp³-hybridized carbons (Fsp3) is 0.391. The number of likely N-dealkylation sites (N-methyl/N-ethyl adjacent to an activating group) is 1. The van der Waals surface area contributed by atoms with E-state index in [0.717, 1.165) is 12.1 Å². The molecule has 4 rings (SSSR count). The lowest BCUT2D eigenvalue weighted by Crippen LogP contribution is -2.38. The highest BCUT2D eigenvalue weighted by Crippen LogP contribution is 2.31. The number of carbonyl (C=O) groups is 1. The molecule has 3 heterocycles. The molecule has 0 bridgehead atoms. The minimum atomic E-state index is -4.42. The van der Waals surface area contributed by atoms with Crippen LogP contribution >= 0.6 is 0 Å². The van der Waals surface area contributed by atoms with Crippen LogP contribution in [-0.4, -0.2) is 50.1 Å². The van der Waals surface area contributed by atoms with Crippen LogP contribution < -0.4 is 10.2 Å². The SMILES string of the molecule is CC(C)C1CN(C)C(=O)N1c1ccnc(N[C@@H](C)c2cn(-c3cccc(C(F)(F)F)c3)cn2)n1. The maximum Gasteiger partial charge on any atom is 0.416 e. The van der Waals surface area contributed by atoms with E-state index in [1.165, 1.54) is 17.0 Å². The zero-order valence-corrected chi connectivity index (χ0v) is 19.3. The van der Waals surface area contributed by atoms with Crippen LogP contribution in [0.1, 0.15) is 38.1 Å². The van der Waals surface area contributed by atoms with E-state index < -0.39 is 11.7 Å². The Morgan fingerprint density at radius 2 is 1.91 bits per heavy atom. The number of alkyl halides is 3. The molecular formula is C23H26F3N7O. The third-order valence-corrected chi connectivity index (χ3v) is 5.85. The van der Waals surface area contributed by atoms with Gasteiger partial charge in [-0.25, -0.2) is 14.8 Å². The van der Waals surface area contributed by atoms with E-state index in [4.69, 9.17) is 0 Å². The van der Waals surface area contributed by atoms with Crippen molar-refractivity contribution in [2.45, 2.75) is 39.0 Å². The van der Waals surface area contributed by atoms with E-state index in [9.17, 15) is 18.0 Å². The van der Waals surface area contributed by atoms with Gasteiger partial charge in [-0.3, -0.25) is 4.90 Å². The first-order valence-electron chi connectivity index (χ1n) is 10.9. The van der Waals surface area contributed by atoms with Gasteiger partial charge in [-0.15, -0.1) is 0 Å². The standard InChI is InChI=1S/C23H26F3N7O/c1-14(2)19-12-31(4)22(34)33(19)20-8-9-27-21(30-20)29-15(3)18-11-32(13-28-18)17-7-5-6-16(10-17)23(24,25)26/h5-11,13-15,19H,12H2,1-4H3,(H,27,29,30)/t15-,19?/m0/s1. The molecule has 180 valence electrons. The highest BCUT2D eigenvalue weighted by Gasteiger charge is 2.38. The molecule has 1 aromatic carbocycles. The Kier molecular flexibility index (Phi) is 6.20. The molecule has 1 aliphatic rings. The van der Waals surface area contributed by atoms with Crippen molar-refractivity contribution in [2.75, 3.05) is 23.8 Å². The molecule has 8 nitrogen and oxygen atoms in total. The van der Waals surface area contributed by atoms with Crippen molar-refractivity contribution in [3.8, 4) is 5.69 Å². The van der Waals surface area contributed by atoms with E-state index >= 15 is 0 Å². The van der Waals surface area contributed by atoms with Gasteiger partial charge in [-0.05, 0) is 37.1 Å². The number of benzene rings is 1. The van der Waals surface area contributed by atoms with Crippen LogP contribution in [0.5, 0.6) is 0 Å². The zero-order valence-electron chi connectivity index (χ0n) is 19.3. The van der Waals surface area contributed by atoms with Gasteiger partial charge in [0.15, 0.2) is 0 Å². The first-order chi connectivity index (χ1) is 16.0. The number of carbonyl (C=O) groups excluding carboxylic acids is 1. The molecule has 3 aromatic rings. The number of hydrogen-bond acceptors (Lipinski definition) is 5. The maximum absolute atomic E-state index is 13.0. The van der Waals surface area contributed by atoms with Crippen LogP contribution in [0.15, 0.2) is 49.1 Å². The molecule has 1 fully saturated rings. The largest absolute Gasteiger partial charge is 0.416 e. The van der Waals surface area contributed by atoms with Crippen LogP contribution in [0.2, 0.25) is 0 Å². The Morgan fingerprint density at radius 3 is 2.62 bits per heavy atom. The highest BCUT2D eigenvalue weighted by atomic mass is 19.4. The van der Waals surface area contributed by atoms with Crippen molar-refractivity contribution in [1.82, 2.24) is 24.4 Å². The molecule has 2 amide bonds. The van der Waals surface area contributed by atoms with Crippen LogP contribution in [0, 0.1) is 5.92 Å². The number of nitrogens with one attached hydrogen (secondary N) is 1. The number of rotatable bonds is 6. The molecule has 2 atom stereocenters. The van der Waals surface area contributed by atoms with Gasteiger partial charge < -0.3 is 14.8 Å². The minimum absolute atomic E-state index is 0.000772. The van der Waals surface area contributed by atoms with E-state index in [-0.39, 0.29) is 24.0 Å². The van der Waals surface area contributed by atoms with Gasteiger partial charge in [0.25, 0.3) is 0 Å². The summed E-state index contributed by atoms with van der Waals surface area (Å²) in [6.45, 7) is 6.59. The molecule has 2 aromatic heterocycles. The lowest BCUT2D eigenvalue weighted by atomic mass is 10.0. The van der Waals surface area contributed by atoms with Crippen molar-refractivity contribution in [3.05, 3.63) is 60.3 Å². The smallest absolute Gasteiger partial charge is 0.346 e. The lowest BCUT2D eigenvalue weighted by molar-refractivity contribution is -0.137. The predicted molar refractivity (Wildman–Crippen MR) is 122 cm³/mol. The number of imidazole rings is 1. The summed E-state index contributed by atoms with van der Waals surface area (Å²) in [5.74, 6) is 1.08. The average molecular weight is 474 g/mol. The van der Waals surface area contributed by atoms with E-state index in [2.05, 4.69) is 34.1 Å². The molecule has 1 aliphatic heterocycles. The first kappa shape index (κ1) is 23.5. The summed E-state index contributed by atoms with van der Waals surface area (Å²) in [7, 11) is 1.76. The lowest BCUT2D eigenvalue weighted by Gasteiger charge is -2.25. The van der Waals surface area contributed by atoms with Gasteiger partial charge in [0, 0.05) is 31.7 Å². The second-order valence-electron chi connectivity index (χ2n) is 8.70. The number of nitrogens with zero attached hydrogens (tertiary/aromatic N) is 6. The highest BCUT2D eigenvalue weighted by molar-refractivity contribution is 5.94. The summed E-state index contributed by atoms with van der Waals surface area (Å²) in [5.41, 5.74) is 0.234. The van der Waals surface area contributed by atoms with Crippen molar-refractivity contribution in [3.63, 3.8) is 0 Å². The Bertz CT molecular complexity index is 1180. The Balaban J connectivity index is 1.52. The fourth-order valence-electron chi connectivity index (χ4n) is 3.91. The summed E-state index contributed by atoms with van der Waals surface area (Å²) in [4.78, 5) is 29.2. The second kappa shape index (κ2) is 8.96. The fourth-order valence-corrected chi connectivity index (χ4v) is 3.91. The summed E-state index contributed by atoms with van der Waals surface area (Å²) in [6.07, 6.45) is 0.287. The second-order valence-corrected chi connectivity index (χ2v) is 8.70. The topological polar surface area (TPSA) is 79.2 Å². The molecular weight excluding hydrogens is 447 g/mol. The third kappa shape index (κ3) is 4.68. The molecule has 0 spiro atoms. The molecule has 11 heteroatoms. The van der Waals surface area contributed by atoms with Crippen molar-refractivity contribution in [2.24, 2.45) is 5.92 Å². The first-order valence-corrected chi connectivity index (χ1v) is 10.9. The average Bonchev–Trinajstić information content (AvgIpc) is 3.39. The molecule has 0 radical (unpaired) electrons. The van der Waals surface area contributed by atoms with E-state index in [0.29, 0.717) is 29.7 Å². The molecule has 0 aliphatic carbocycles.